The molecule has 1 aromatic rings. The van der Waals surface area contributed by atoms with Gasteiger partial charge in [0, 0.05) is 5.02 Å². The Morgan fingerprint density at radius 1 is 1.42 bits per heavy atom. The molecule has 1 atom stereocenters. The summed E-state index contributed by atoms with van der Waals surface area (Å²) in [5.41, 5.74) is 0.928. The molecule has 0 fully saturated rings. The summed E-state index contributed by atoms with van der Waals surface area (Å²) in [5, 5.41) is 10.3. The number of carbonyl (C=O) groups is 1. The van der Waals surface area contributed by atoms with Crippen molar-refractivity contribution >= 4 is 17.6 Å². The SMILES string of the molecule is COC(=O)C(CCc1ccccc1Cl)OC(C)(C)O. The quantitative estimate of drug-likeness (QED) is 0.645. The van der Waals surface area contributed by atoms with E-state index in [1.54, 1.807) is 6.07 Å². The first-order chi connectivity index (χ1) is 8.83. The third-order valence-electron chi connectivity index (χ3n) is 2.53. The highest BCUT2D eigenvalue weighted by Gasteiger charge is 2.27. The van der Waals surface area contributed by atoms with Gasteiger partial charge >= 0.3 is 5.97 Å². The second-order valence-electron chi connectivity index (χ2n) is 4.71. The minimum absolute atomic E-state index is 0.389. The normalized spacial score (nSPS) is 13.1. The van der Waals surface area contributed by atoms with Gasteiger partial charge in [0.05, 0.1) is 7.11 Å². The number of halogens is 1. The number of hydrogen-bond acceptors (Lipinski definition) is 4. The zero-order chi connectivity index (χ0) is 14.5. The highest BCUT2D eigenvalue weighted by Crippen LogP contribution is 2.20. The van der Waals surface area contributed by atoms with E-state index in [0.29, 0.717) is 17.9 Å². The van der Waals surface area contributed by atoms with Gasteiger partial charge in [0.2, 0.25) is 0 Å². The zero-order valence-electron chi connectivity index (χ0n) is 11.4. The van der Waals surface area contributed by atoms with Crippen LogP contribution in [-0.2, 0) is 20.7 Å². The first-order valence-corrected chi connectivity index (χ1v) is 6.42. The summed E-state index contributed by atoms with van der Waals surface area (Å²) in [6.45, 7) is 2.94. The van der Waals surface area contributed by atoms with Crippen molar-refractivity contribution in [1.82, 2.24) is 0 Å². The molecule has 0 amide bonds. The smallest absolute Gasteiger partial charge is 0.335 e. The van der Waals surface area contributed by atoms with Gasteiger partial charge in [-0.1, -0.05) is 29.8 Å². The van der Waals surface area contributed by atoms with Crippen molar-refractivity contribution < 1.29 is 19.4 Å². The van der Waals surface area contributed by atoms with E-state index in [4.69, 9.17) is 16.3 Å². The number of rotatable bonds is 6. The number of ether oxygens (including phenoxy) is 2. The average Bonchev–Trinajstić information content (AvgIpc) is 2.34. The Labute approximate surface area is 118 Å². The monoisotopic (exact) mass is 286 g/mol. The molecule has 1 rings (SSSR count). The first kappa shape index (κ1) is 16.0. The van der Waals surface area contributed by atoms with E-state index in [-0.39, 0.29) is 0 Å². The maximum atomic E-state index is 11.6. The van der Waals surface area contributed by atoms with Gasteiger partial charge in [-0.05, 0) is 38.3 Å². The Morgan fingerprint density at radius 2 is 2.05 bits per heavy atom. The van der Waals surface area contributed by atoms with Crippen LogP contribution in [0, 0.1) is 0 Å². The van der Waals surface area contributed by atoms with Crippen LogP contribution in [0.5, 0.6) is 0 Å². The van der Waals surface area contributed by atoms with E-state index < -0.39 is 17.9 Å². The molecule has 5 heteroatoms. The predicted molar refractivity (Wildman–Crippen MR) is 73.0 cm³/mol. The maximum absolute atomic E-state index is 11.6. The molecule has 4 nitrogen and oxygen atoms in total. The van der Waals surface area contributed by atoms with Crippen LogP contribution in [-0.4, -0.2) is 30.1 Å². The molecule has 0 aliphatic rings. The number of esters is 1. The molecule has 0 spiro atoms. The summed E-state index contributed by atoms with van der Waals surface area (Å²) in [4.78, 5) is 11.6. The number of aliphatic hydroxyl groups is 1. The summed E-state index contributed by atoms with van der Waals surface area (Å²) in [6, 6.07) is 7.41. The number of hydrogen-bond donors (Lipinski definition) is 1. The fraction of sp³-hybridized carbons (Fsp3) is 0.500. The standard InChI is InChI=1S/C14H19ClO4/c1-14(2,17)19-12(13(16)18-3)9-8-10-6-4-5-7-11(10)15/h4-7,12,17H,8-9H2,1-3H3. The van der Waals surface area contributed by atoms with E-state index in [0.717, 1.165) is 5.56 Å². The van der Waals surface area contributed by atoms with Gasteiger partial charge < -0.3 is 14.6 Å². The molecule has 0 bridgehead atoms. The second-order valence-corrected chi connectivity index (χ2v) is 5.11. The fourth-order valence-electron chi connectivity index (χ4n) is 1.69. The van der Waals surface area contributed by atoms with E-state index in [9.17, 15) is 9.90 Å². The van der Waals surface area contributed by atoms with Gasteiger partial charge in [-0.15, -0.1) is 0 Å². The Kier molecular flexibility index (Phi) is 5.79. The lowest BCUT2D eigenvalue weighted by Crippen LogP contribution is -2.36. The third-order valence-corrected chi connectivity index (χ3v) is 2.90. The van der Waals surface area contributed by atoms with Gasteiger partial charge in [-0.3, -0.25) is 0 Å². The van der Waals surface area contributed by atoms with Crippen LogP contribution in [0.3, 0.4) is 0 Å². The number of benzene rings is 1. The third kappa shape index (κ3) is 5.59. The fourth-order valence-corrected chi connectivity index (χ4v) is 1.92. The van der Waals surface area contributed by atoms with Crippen molar-refractivity contribution in [3.05, 3.63) is 34.9 Å². The molecular formula is C14H19ClO4. The molecule has 106 valence electrons. The van der Waals surface area contributed by atoms with Gasteiger partial charge in [-0.2, -0.15) is 0 Å². The minimum atomic E-state index is -1.39. The van der Waals surface area contributed by atoms with E-state index in [2.05, 4.69) is 4.74 Å². The summed E-state index contributed by atoms with van der Waals surface area (Å²) in [6.07, 6.45) is 0.136. The summed E-state index contributed by atoms with van der Waals surface area (Å²) >= 11 is 6.05. The van der Waals surface area contributed by atoms with Crippen molar-refractivity contribution in [2.24, 2.45) is 0 Å². The Hall–Kier alpha value is -1.10. The van der Waals surface area contributed by atoms with Crippen molar-refractivity contribution in [2.45, 2.75) is 38.6 Å². The Bertz CT molecular complexity index is 426. The summed E-state index contributed by atoms with van der Waals surface area (Å²) < 4.78 is 9.96. The van der Waals surface area contributed by atoms with Crippen LogP contribution in [0.2, 0.25) is 5.02 Å². The molecule has 0 aliphatic heterocycles. The van der Waals surface area contributed by atoms with Gasteiger partial charge in [0.1, 0.15) is 0 Å². The van der Waals surface area contributed by atoms with Crippen molar-refractivity contribution in [2.75, 3.05) is 7.11 Å². The molecule has 0 heterocycles. The van der Waals surface area contributed by atoms with Crippen molar-refractivity contribution in [3.63, 3.8) is 0 Å². The summed E-state index contributed by atoms with van der Waals surface area (Å²) in [7, 11) is 1.29. The van der Waals surface area contributed by atoms with E-state index in [1.807, 2.05) is 18.2 Å². The van der Waals surface area contributed by atoms with Crippen LogP contribution < -0.4 is 0 Å². The molecular weight excluding hydrogens is 268 g/mol. The number of carbonyl (C=O) groups excluding carboxylic acids is 1. The lowest BCUT2D eigenvalue weighted by molar-refractivity contribution is -0.217. The number of methoxy groups -OCH3 is 1. The average molecular weight is 287 g/mol. The second kappa shape index (κ2) is 6.89. The Morgan fingerprint density at radius 3 is 2.58 bits per heavy atom. The molecule has 0 saturated carbocycles. The molecule has 0 aliphatic carbocycles. The molecule has 19 heavy (non-hydrogen) atoms. The maximum Gasteiger partial charge on any atom is 0.335 e. The van der Waals surface area contributed by atoms with Crippen molar-refractivity contribution in [3.8, 4) is 0 Å². The van der Waals surface area contributed by atoms with Crippen molar-refractivity contribution in [1.29, 1.82) is 0 Å². The van der Waals surface area contributed by atoms with Gasteiger partial charge in [0.15, 0.2) is 11.9 Å². The van der Waals surface area contributed by atoms with Crippen LogP contribution in [0.4, 0.5) is 0 Å². The minimum Gasteiger partial charge on any atom is -0.467 e. The highest BCUT2D eigenvalue weighted by atomic mass is 35.5. The topological polar surface area (TPSA) is 55.8 Å². The van der Waals surface area contributed by atoms with Crippen LogP contribution in [0.15, 0.2) is 24.3 Å². The molecule has 1 aromatic carbocycles. The zero-order valence-corrected chi connectivity index (χ0v) is 12.1. The molecule has 0 saturated heterocycles. The molecule has 1 unspecified atom stereocenters. The largest absolute Gasteiger partial charge is 0.467 e. The predicted octanol–water partition coefficient (Wildman–Crippen LogP) is 2.56. The van der Waals surface area contributed by atoms with Crippen LogP contribution in [0.25, 0.3) is 0 Å². The van der Waals surface area contributed by atoms with E-state index in [1.165, 1.54) is 21.0 Å². The van der Waals surface area contributed by atoms with Crippen LogP contribution >= 0.6 is 11.6 Å². The first-order valence-electron chi connectivity index (χ1n) is 6.05. The lowest BCUT2D eigenvalue weighted by atomic mass is 10.1. The van der Waals surface area contributed by atoms with Gasteiger partial charge in [0.25, 0.3) is 0 Å². The van der Waals surface area contributed by atoms with E-state index >= 15 is 0 Å². The lowest BCUT2D eigenvalue weighted by Gasteiger charge is -2.24. The summed E-state index contributed by atoms with van der Waals surface area (Å²) in [5.74, 6) is -1.89. The van der Waals surface area contributed by atoms with Crippen LogP contribution in [0.1, 0.15) is 25.8 Å². The Balaban J connectivity index is 2.68. The van der Waals surface area contributed by atoms with Gasteiger partial charge in [-0.25, -0.2) is 4.79 Å². The number of aryl methyl sites for hydroxylation is 1. The molecule has 0 aromatic heterocycles. The highest BCUT2D eigenvalue weighted by molar-refractivity contribution is 6.31. The molecule has 1 N–H and O–H groups in total. The molecule has 0 radical (unpaired) electrons.